The van der Waals surface area contributed by atoms with Gasteiger partial charge in [-0.25, -0.2) is 9.97 Å². The highest BCUT2D eigenvalue weighted by Crippen LogP contribution is 2.29. The lowest BCUT2D eigenvalue weighted by Crippen LogP contribution is -2.31. The van der Waals surface area contributed by atoms with Gasteiger partial charge in [0.15, 0.2) is 0 Å². The lowest BCUT2D eigenvalue weighted by Gasteiger charge is -2.30. The van der Waals surface area contributed by atoms with Crippen LogP contribution in [-0.4, -0.2) is 22.6 Å². The van der Waals surface area contributed by atoms with E-state index < -0.39 is 0 Å². The Balaban J connectivity index is 1.63. The van der Waals surface area contributed by atoms with Crippen LogP contribution in [0.4, 0.5) is 11.6 Å². The van der Waals surface area contributed by atoms with E-state index in [9.17, 15) is 0 Å². The minimum absolute atomic E-state index is 0.320. The summed E-state index contributed by atoms with van der Waals surface area (Å²) in [6.07, 6.45) is 3.49. The van der Waals surface area contributed by atoms with Gasteiger partial charge in [0.1, 0.15) is 17.5 Å². The Kier molecular flexibility index (Phi) is 4.09. The topological polar surface area (TPSA) is 41.1 Å². The van der Waals surface area contributed by atoms with Crippen LogP contribution >= 0.6 is 11.6 Å². The van der Waals surface area contributed by atoms with Crippen molar-refractivity contribution in [1.82, 2.24) is 9.97 Å². The van der Waals surface area contributed by atoms with E-state index in [0.29, 0.717) is 12.0 Å². The van der Waals surface area contributed by atoms with E-state index in [4.69, 9.17) is 21.6 Å². The Morgan fingerprint density at radius 1 is 1.17 bits per heavy atom. The zero-order chi connectivity index (χ0) is 16.7. The molecule has 1 fully saturated rings. The largest absolute Gasteiger partial charge is 0.367 e. The van der Waals surface area contributed by atoms with Gasteiger partial charge in [0.25, 0.3) is 0 Å². The Morgan fingerprint density at radius 3 is 2.75 bits per heavy atom. The number of hydrogen-bond acceptors (Lipinski definition) is 4. The van der Waals surface area contributed by atoms with Crippen molar-refractivity contribution in [3.8, 4) is 0 Å². The van der Waals surface area contributed by atoms with E-state index in [1.54, 1.807) is 0 Å². The molecule has 126 valence electrons. The third kappa shape index (κ3) is 3.34. The molecule has 0 radical (unpaired) electrons. The highest BCUT2D eigenvalue weighted by atomic mass is 35.5. The summed E-state index contributed by atoms with van der Waals surface area (Å²) in [5.41, 5.74) is 2.69. The fraction of sp³-hybridized carbons (Fsp3) is 0.474. The maximum absolute atomic E-state index is 6.12. The van der Waals surface area contributed by atoms with Crippen molar-refractivity contribution in [2.75, 3.05) is 16.8 Å². The first kappa shape index (κ1) is 15.7. The second-order valence-electron chi connectivity index (χ2n) is 7.13. The van der Waals surface area contributed by atoms with E-state index >= 15 is 0 Å². The molecule has 4 rings (SSSR count). The van der Waals surface area contributed by atoms with Crippen LogP contribution in [0.25, 0.3) is 0 Å². The predicted molar refractivity (Wildman–Crippen MR) is 99.0 cm³/mol. The molecule has 2 aliphatic rings. The fourth-order valence-corrected chi connectivity index (χ4v) is 3.30. The smallest absolute Gasteiger partial charge is 0.135 e. The van der Waals surface area contributed by atoms with E-state index in [1.807, 2.05) is 6.07 Å². The average Bonchev–Trinajstić information content (AvgIpc) is 3.38. The quantitative estimate of drug-likeness (QED) is 0.894. The van der Waals surface area contributed by atoms with Gasteiger partial charge in [0.2, 0.25) is 0 Å². The number of benzene rings is 1. The third-order valence-corrected chi connectivity index (χ3v) is 4.92. The third-order valence-electron chi connectivity index (χ3n) is 4.68. The zero-order valence-corrected chi connectivity index (χ0v) is 15.0. The maximum Gasteiger partial charge on any atom is 0.135 e. The van der Waals surface area contributed by atoms with E-state index in [1.165, 1.54) is 24.0 Å². The van der Waals surface area contributed by atoms with Gasteiger partial charge in [0.05, 0.1) is 0 Å². The molecule has 2 heterocycles. The number of anilines is 2. The van der Waals surface area contributed by atoms with Crippen LogP contribution in [-0.2, 0) is 13.0 Å². The Labute approximate surface area is 148 Å². The van der Waals surface area contributed by atoms with E-state index in [2.05, 4.69) is 42.3 Å². The normalized spacial score (nSPS) is 17.1. The van der Waals surface area contributed by atoms with Crippen LogP contribution in [0.15, 0.2) is 24.3 Å². The van der Waals surface area contributed by atoms with Crippen LogP contribution in [0.2, 0.25) is 5.02 Å². The Morgan fingerprint density at radius 2 is 2.00 bits per heavy atom. The van der Waals surface area contributed by atoms with Gasteiger partial charge in [-0.3, -0.25) is 0 Å². The summed E-state index contributed by atoms with van der Waals surface area (Å²) in [6, 6.07) is 8.90. The van der Waals surface area contributed by atoms with E-state index in [0.717, 1.165) is 42.0 Å². The summed E-state index contributed by atoms with van der Waals surface area (Å²) < 4.78 is 0. The molecule has 0 bridgehead atoms. The lowest BCUT2D eigenvalue weighted by molar-refractivity contribution is 0.703. The summed E-state index contributed by atoms with van der Waals surface area (Å²) >= 11 is 6.12. The number of rotatable bonds is 4. The average molecular weight is 343 g/mol. The van der Waals surface area contributed by atoms with Gasteiger partial charge in [-0.1, -0.05) is 31.5 Å². The summed E-state index contributed by atoms with van der Waals surface area (Å²) in [7, 11) is 0. The lowest BCUT2D eigenvalue weighted by atomic mass is 10.00. The highest BCUT2D eigenvalue weighted by Gasteiger charge is 2.24. The molecule has 1 aliphatic heterocycles. The molecule has 1 N–H and O–H groups in total. The minimum atomic E-state index is 0.320. The van der Waals surface area contributed by atoms with Crippen LogP contribution in [0.1, 0.15) is 49.6 Å². The molecule has 1 aromatic carbocycles. The van der Waals surface area contributed by atoms with Crippen molar-refractivity contribution < 1.29 is 0 Å². The molecular formula is C19H23ClN4. The number of nitrogens with zero attached hydrogens (tertiary/aromatic N) is 3. The molecule has 4 nitrogen and oxygen atoms in total. The predicted octanol–water partition coefficient (Wildman–Crippen LogP) is 4.39. The molecule has 0 spiro atoms. The maximum atomic E-state index is 6.12. The van der Waals surface area contributed by atoms with Crippen LogP contribution in [0.5, 0.6) is 0 Å². The minimum Gasteiger partial charge on any atom is -0.367 e. The van der Waals surface area contributed by atoms with Crippen molar-refractivity contribution in [3.05, 3.63) is 46.2 Å². The highest BCUT2D eigenvalue weighted by molar-refractivity contribution is 6.30. The molecular weight excluding hydrogens is 320 g/mol. The molecule has 1 aliphatic carbocycles. The van der Waals surface area contributed by atoms with Gasteiger partial charge in [0, 0.05) is 36.1 Å². The number of halogens is 1. The molecule has 2 aromatic rings. The van der Waals surface area contributed by atoms with Crippen LogP contribution in [0, 0.1) is 0 Å². The monoisotopic (exact) mass is 342 g/mol. The molecule has 0 amide bonds. The summed E-state index contributed by atoms with van der Waals surface area (Å²) in [5.74, 6) is 3.23. The van der Waals surface area contributed by atoms with Gasteiger partial charge < -0.3 is 10.2 Å². The standard InChI is InChI=1S/C19H23ClN4/c1-12(2)19-22-17(21-16-5-6-16)10-18(23-19)24-8-7-13-9-15(20)4-3-14(13)11-24/h3-4,9-10,12,16H,5-8,11H2,1-2H3,(H,21,22,23). The number of hydrogen-bond donors (Lipinski definition) is 1. The summed E-state index contributed by atoms with van der Waals surface area (Å²) in [4.78, 5) is 11.9. The second kappa shape index (κ2) is 6.25. The molecule has 1 saturated carbocycles. The van der Waals surface area contributed by atoms with Gasteiger partial charge in [-0.15, -0.1) is 0 Å². The molecule has 0 saturated heterocycles. The second-order valence-corrected chi connectivity index (χ2v) is 7.56. The van der Waals surface area contributed by atoms with Gasteiger partial charge in [-0.2, -0.15) is 0 Å². The SMILES string of the molecule is CC(C)c1nc(NC2CC2)cc(N2CCc3cc(Cl)ccc3C2)n1. The van der Waals surface area contributed by atoms with Crippen molar-refractivity contribution in [3.63, 3.8) is 0 Å². The molecule has 0 atom stereocenters. The van der Waals surface area contributed by atoms with Crippen molar-refractivity contribution in [2.24, 2.45) is 0 Å². The fourth-order valence-electron chi connectivity index (χ4n) is 3.10. The summed E-state index contributed by atoms with van der Waals surface area (Å²) in [5, 5.41) is 4.34. The Hall–Kier alpha value is -1.81. The summed E-state index contributed by atoms with van der Waals surface area (Å²) in [6.45, 7) is 6.13. The number of nitrogens with one attached hydrogen (secondary N) is 1. The van der Waals surface area contributed by atoms with E-state index in [-0.39, 0.29) is 0 Å². The van der Waals surface area contributed by atoms with Crippen LogP contribution < -0.4 is 10.2 Å². The molecule has 1 aromatic heterocycles. The first-order valence-electron chi connectivity index (χ1n) is 8.76. The van der Waals surface area contributed by atoms with Crippen LogP contribution in [0.3, 0.4) is 0 Å². The first-order chi connectivity index (χ1) is 11.6. The van der Waals surface area contributed by atoms with Crippen molar-refractivity contribution in [1.29, 1.82) is 0 Å². The van der Waals surface area contributed by atoms with Gasteiger partial charge in [-0.05, 0) is 42.5 Å². The Bertz CT molecular complexity index is 755. The van der Waals surface area contributed by atoms with Crippen molar-refractivity contribution in [2.45, 2.75) is 51.6 Å². The molecule has 5 heteroatoms. The van der Waals surface area contributed by atoms with Crippen molar-refractivity contribution >= 4 is 23.2 Å². The molecule has 0 unspecified atom stereocenters. The first-order valence-corrected chi connectivity index (χ1v) is 9.14. The number of fused-ring (bicyclic) bond motifs is 1. The number of aromatic nitrogens is 2. The molecule has 24 heavy (non-hydrogen) atoms. The zero-order valence-electron chi connectivity index (χ0n) is 14.2. The van der Waals surface area contributed by atoms with Gasteiger partial charge >= 0.3 is 0 Å².